The second-order valence-electron chi connectivity index (χ2n) is 8.05. The molecule has 29 heavy (non-hydrogen) atoms. The van der Waals surface area contributed by atoms with E-state index >= 15 is 0 Å². The number of allylic oxidation sites excluding steroid dienone is 2. The molecule has 4 nitrogen and oxygen atoms in total. The molecule has 0 aromatic rings. The number of unbranched alkanes of at least 4 members (excludes halogenated alkanes) is 6. The molecule has 0 fully saturated rings. The van der Waals surface area contributed by atoms with E-state index in [1.807, 2.05) is 0 Å². The van der Waals surface area contributed by atoms with Gasteiger partial charge in [-0.25, -0.2) is 0 Å². The maximum Gasteiger partial charge on any atom is 0.144 e. The maximum absolute atomic E-state index is 10.2. The minimum absolute atomic E-state index is 0.0670. The second kappa shape index (κ2) is 21.9. The highest BCUT2D eigenvalue weighted by Gasteiger charge is 2.08. The molecule has 0 saturated carbocycles. The Balaban J connectivity index is 4.38. The van der Waals surface area contributed by atoms with E-state index < -0.39 is 0 Å². The average molecular weight is 413 g/mol. The summed E-state index contributed by atoms with van der Waals surface area (Å²) < 4.78 is 16.0. The molecule has 1 N–H and O–H groups in total. The third-order valence-corrected chi connectivity index (χ3v) is 5.15. The van der Waals surface area contributed by atoms with Crippen LogP contribution in [0.3, 0.4) is 0 Å². The van der Waals surface area contributed by atoms with E-state index in [-0.39, 0.29) is 12.2 Å². The van der Waals surface area contributed by atoms with E-state index in [1.54, 1.807) is 20.5 Å². The van der Waals surface area contributed by atoms with E-state index in [9.17, 15) is 5.11 Å². The third-order valence-electron chi connectivity index (χ3n) is 5.15. The minimum atomic E-state index is -0.202. The van der Waals surface area contributed by atoms with E-state index in [4.69, 9.17) is 14.2 Å². The molecule has 0 rings (SSSR count). The van der Waals surface area contributed by atoms with Crippen LogP contribution in [0.25, 0.3) is 0 Å². The van der Waals surface area contributed by atoms with Crippen molar-refractivity contribution in [2.24, 2.45) is 5.92 Å². The zero-order chi connectivity index (χ0) is 21.6. The van der Waals surface area contributed by atoms with Crippen LogP contribution in [-0.4, -0.2) is 44.7 Å². The highest BCUT2D eigenvalue weighted by molar-refractivity contribution is 4.93. The van der Waals surface area contributed by atoms with Gasteiger partial charge in [0.15, 0.2) is 0 Å². The molecular formula is C25H48O4. The summed E-state index contributed by atoms with van der Waals surface area (Å²) in [5, 5.41) is 10.2. The van der Waals surface area contributed by atoms with Gasteiger partial charge in [-0.3, -0.25) is 0 Å². The van der Waals surface area contributed by atoms with Crippen LogP contribution in [0.1, 0.15) is 90.9 Å². The Morgan fingerprint density at radius 2 is 1.38 bits per heavy atom. The van der Waals surface area contributed by atoms with Crippen molar-refractivity contribution < 1.29 is 19.3 Å². The lowest BCUT2D eigenvalue weighted by Crippen LogP contribution is -2.22. The van der Waals surface area contributed by atoms with Gasteiger partial charge in [0.25, 0.3) is 0 Å². The van der Waals surface area contributed by atoms with Crippen LogP contribution >= 0.6 is 0 Å². The fourth-order valence-corrected chi connectivity index (χ4v) is 3.37. The lowest BCUT2D eigenvalue weighted by Gasteiger charge is -2.15. The summed E-state index contributed by atoms with van der Waals surface area (Å²) in [7, 11) is 3.34. The van der Waals surface area contributed by atoms with E-state index in [0.717, 1.165) is 25.7 Å². The van der Waals surface area contributed by atoms with E-state index in [0.29, 0.717) is 19.1 Å². The van der Waals surface area contributed by atoms with Crippen LogP contribution in [0.15, 0.2) is 24.5 Å². The lowest BCUT2D eigenvalue weighted by atomic mass is 9.96. The third kappa shape index (κ3) is 18.9. The zero-order valence-electron chi connectivity index (χ0n) is 19.6. The van der Waals surface area contributed by atoms with Crippen molar-refractivity contribution in [2.75, 3.05) is 27.4 Å². The Morgan fingerprint density at radius 1 is 0.759 bits per heavy atom. The molecule has 0 aromatic carbocycles. The van der Waals surface area contributed by atoms with Gasteiger partial charge in [-0.05, 0) is 37.7 Å². The Bertz CT molecular complexity index is 375. The first-order valence-electron chi connectivity index (χ1n) is 11.8. The fourth-order valence-electron chi connectivity index (χ4n) is 3.37. The molecule has 2 unspecified atom stereocenters. The standard InChI is InChI=1S/C25H48O4/c1-5-7-9-11-15-23(16-13-19-24(26)18-12-10-8-6-2)17-14-20-29-25(21-27-3)22-28-4/h13-14,16,20,23-26H,5-12,15,17-19,21-22H2,1-4H3/b16-13+,20-14+. The second-order valence-corrected chi connectivity index (χ2v) is 8.05. The molecule has 2 atom stereocenters. The minimum Gasteiger partial charge on any atom is -0.494 e. The topological polar surface area (TPSA) is 47.9 Å². The highest BCUT2D eigenvalue weighted by atomic mass is 16.5. The van der Waals surface area contributed by atoms with Crippen LogP contribution in [0.2, 0.25) is 0 Å². The zero-order valence-corrected chi connectivity index (χ0v) is 19.6. The van der Waals surface area contributed by atoms with Gasteiger partial charge in [-0.2, -0.15) is 0 Å². The first kappa shape index (κ1) is 28.2. The van der Waals surface area contributed by atoms with Gasteiger partial charge in [0, 0.05) is 14.2 Å². The molecule has 0 spiro atoms. The summed E-state index contributed by atoms with van der Waals surface area (Å²) in [6.07, 6.45) is 21.9. The Kier molecular flexibility index (Phi) is 21.2. The van der Waals surface area contributed by atoms with Crippen LogP contribution in [0.4, 0.5) is 0 Å². The van der Waals surface area contributed by atoms with Crippen molar-refractivity contribution in [3.8, 4) is 0 Å². The molecular weight excluding hydrogens is 364 g/mol. The van der Waals surface area contributed by atoms with Crippen molar-refractivity contribution in [3.05, 3.63) is 24.5 Å². The van der Waals surface area contributed by atoms with Gasteiger partial charge < -0.3 is 19.3 Å². The molecule has 0 heterocycles. The van der Waals surface area contributed by atoms with Crippen molar-refractivity contribution in [1.29, 1.82) is 0 Å². The maximum atomic E-state index is 10.2. The molecule has 0 aliphatic heterocycles. The predicted molar refractivity (Wildman–Crippen MR) is 123 cm³/mol. The molecule has 0 bridgehead atoms. The summed E-state index contributed by atoms with van der Waals surface area (Å²) in [5.74, 6) is 0.502. The summed E-state index contributed by atoms with van der Waals surface area (Å²) in [4.78, 5) is 0. The molecule has 0 saturated heterocycles. The summed E-state index contributed by atoms with van der Waals surface area (Å²) in [6.45, 7) is 5.51. The number of aliphatic hydroxyl groups excluding tert-OH is 1. The van der Waals surface area contributed by atoms with Crippen LogP contribution in [0, 0.1) is 5.92 Å². The van der Waals surface area contributed by atoms with Gasteiger partial charge in [0.2, 0.25) is 0 Å². The summed E-state index contributed by atoms with van der Waals surface area (Å²) in [5.41, 5.74) is 0. The number of rotatable bonds is 21. The Hall–Kier alpha value is -0.840. The quantitative estimate of drug-likeness (QED) is 0.134. The molecule has 0 amide bonds. The molecule has 0 aromatic heterocycles. The van der Waals surface area contributed by atoms with E-state index in [2.05, 4.69) is 32.1 Å². The first-order valence-corrected chi connectivity index (χ1v) is 11.8. The average Bonchev–Trinajstić information content (AvgIpc) is 2.71. The number of hydrogen-bond donors (Lipinski definition) is 1. The number of hydrogen-bond acceptors (Lipinski definition) is 4. The molecule has 0 aliphatic rings. The fraction of sp³-hybridized carbons (Fsp3) is 0.840. The monoisotopic (exact) mass is 412 g/mol. The smallest absolute Gasteiger partial charge is 0.144 e. The molecule has 0 radical (unpaired) electrons. The molecule has 172 valence electrons. The predicted octanol–water partition coefficient (Wildman–Crippen LogP) is 6.43. The number of ether oxygens (including phenoxy) is 3. The normalized spacial score (nSPS) is 14.3. The van der Waals surface area contributed by atoms with Gasteiger partial charge in [0.1, 0.15) is 6.10 Å². The largest absolute Gasteiger partial charge is 0.494 e. The van der Waals surface area contributed by atoms with Crippen LogP contribution < -0.4 is 0 Å². The SMILES string of the molecule is CCCCCCC(O)C/C=C/C(C/C=C/OC(COC)COC)CCCCCC. The van der Waals surface area contributed by atoms with Gasteiger partial charge >= 0.3 is 0 Å². The molecule has 4 heteroatoms. The Morgan fingerprint density at radius 3 is 1.97 bits per heavy atom. The van der Waals surface area contributed by atoms with Crippen molar-refractivity contribution in [3.63, 3.8) is 0 Å². The lowest BCUT2D eigenvalue weighted by molar-refractivity contribution is 0.000189. The van der Waals surface area contributed by atoms with E-state index in [1.165, 1.54) is 51.4 Å². The van der Waals surface area contributed by atoms with Crippen molar-refractivity contribution in [1.82, 2.24) is 0 Å². The highest BCUT2D eigenvalue weighted by Crippen LogP contribution is 2.18. The van der Waals surface area contributed by atoms with Crippen LogP contribution in [-0.2, 0) is 14.2 Å². The van der Waals surface area contributed by atoms with Gasteiger partial charge in [0.05, 0.1) is 25.6 Å². The van der Waals surface area contributed by atoms with Gasteiger partial charge in [-0.15, -0.1) is 0 Å². The first-order chi connectivity index (χ1) is 14.2. The Labute approximate surface area is 180 Å². The number of methoxy groups -OCH3 is 2. The van der Waals surface area contributed by atoms with Gasteiger partial charge in [-0.1, -0.05) is 77.4 Å². The summed E-state index contributed by atoms with van der Waals surface area (Å²) >= 11 is 0. The van der Waals surface area contributed by atoms with Crippen molar-refractivity contribution in [2.45, 2.75) is 103 Å². The van der Waals surface area contributed by atoms with Crippen LogP contribution in [0.5, 0.6) is 0 Å². The number of aliphatic hydroxyl groups is 1. The molecule has 0 aliphatic carbocycles. The summed E-state index contributed by atoms with van der Waals surface area (Å²) in [6, 6.07) is 0. The van der Waals surface area contributed by atoms with Crippen molar-refractivity contribution >= 4 is 0 Å².